The lowest BCUT2D eigenvalue weighted by Gasteiger charge is -2.71. The van der Waals surface area contributed by atoms with Crippen LogP contribution in [0.2, 0.25) is 0 Å². The number of hydrogen-bond donors (Lipinski definition) is 4. The van der Waals surface area contributed by atoms with E-state index in [9.17, 15) is 20.4 Å². The first kappa shape index (κ1) is 23.5. The van der Waals surface area contributed by atoms with E-state index in [0.29, 0.717) is 17.8 Å². The van der Waals surface area contributed by atoms with Crippen LogP contribution in [0.15, 0.2) is 41.5 Å². The van der Waals surface area contributed by atoms with Gasteiger partial charge in [0.1, 0.15) is 6.10 Å². The maximum atomic E-state index is 12.8. The second kappa shape index (κ2) is 7.14. The van der Waals surface area contributed by atoms with Gasteiger partial charge in [-0.2, -0.15) is 0 Å². The summed E-state index contributed by atoms with van der Waals surface area (Å²) in [4.78, 5) is 0. The summed E-state index contributed by atoms with van der Waals surface area (Å²) in [6, 6.07) is 10.1. The molecule has 182 valence electrons. The first-order chi connectivity index (χ1) is 15.3. The molecule has 3 aliphatic carbocycles. The van der Waals surface area contributed by atoms with Crippen LogP contribution in [-0.2, 0) is 4.74 Å². The molecule has 5 nitrogen and oxygen atoms in total. The van der Waals surface area contributed by atoms with Crippen LogP contribution in [0.5, 0.6) is 0 Å². The molecule has 2 saturated carbocycles. The molecule has 5 rings (SSSR count). The Hall–Kier alpha value is -1.24. The maximum absolute atomic E-state index is 12.8. The summed E-state index contributed by atoms with van der Waals surface area (Å²) in [5, 5.41) is 47.6. The molecule has 10 atom stereocenters. The van der Waals surface area contributed by atoms with E-state index in [2.05, 4.69) is 32.9 Å². The Balaban J connectivity index is 1.87. The number of rotatable bonds is 1. The fourth-order valence-corrected chi connectivity index (χ4v) is 8.53. The SMILES string of the molecule is CC1=C2[C@@H](O)[C@H](O)[C@@]3(C)C(C(c4ccccc4)[C@](O)(C[C@@H]1O)C2(C)C)[C@]1(C)CO[C@@H]1C[C@@H]3C. The van der Waals surface area contributed by atoms with Crippen LogP contribution in [-0.4, -0.2) is 57.0 Å². The molecule has 0 aromatic heterocycles. The zero-order valence-electron chi connectivity index (χ0n) is 20.7. The van der Waals surface area contributed by atoms with Gasteiger partial charge in [0.15, 0.2) is 0 Å². The summed E-state index contributed by atoms with van der Waals surface area (Å²) in [6.45, 7) is 12.8. The Morgan fingerprint density at radius 1 is 1.00 bits per heavy atom. The van der Waals surface area contributed by atoms with Crippen molar-refractivity contribution in [3.05, 3.63) is 47.0 Å². The number of hydrogen-bond acceptors (Lipinski definition) is 5. The average molecular weight is 457 g/mol. The maximum Gasteiger partial charge on any atom is 0.102 e. The summed E-state index contributed by atoms with van der Waals surface area (Å²) in [6.07, 6.45) is -2.00. The van der Waals surface area contributed by atoms with Crippen LogP contribution in [0.4, 0.5) is 0 Å². The van der Waals surface area contributed by atoms with E-state index in [1.807, 2.05) is 39.0 Å². The van der Waals surface area contributed by atoms with Crippen molar-refractivity contribution in [3.63, 3.8) is 0 Å². The van der Waals surface area contributed by atoms with Crippen molar-refractivity contribution < 1.29 is 25.2 Å². The Morgan fingerprint density at radius 3 is 2.21 bits per heavy atom. The third-order valence-corrected chi connectivity index (χ3v) is 10.8. The Kier molecular flexibility index (Phi) is 5.09. The highest BCUT2D eigenvalue weighted by Crippen LogP contribution is 2.70. The zero-order chi connectivity index (χ0) is 24.1. The van der Waals surface area contributed by atoms with Gasteiger partial charge in [-0.1, -0.05) is 65.0 Å². The minimum atomic E-state index is -1.32. The van der Waals surface area contributed by atoms with Crippen molar-refractivity contribution in [2.75, 3.05) is 6.61 Å². The third-order valence-electron chi connectivity index (χ3n) is 10.8. The minimum absolute atomic E-state index is 0.0533. The van der Waals surface area contributed by atoms with Crippen LogP contribution in [0, 0.1) is 28.1 Å². The van der Waals surface area contributed by atoms with E-state index < -0.39 is 34.7 Å². The van der Waals surface area contributed by atoms with Crippen LogP contribution in [0.1, 0.15) is 65.9 Å². The molecule has 2 bridgehead atoms. The van der Waals surface area contributed by atoms with Gasteiger partial charge in [0.2, 0.25) is 0 Å². The molecule has 1 aromatic rings. The average Bonchev–Trinajstić information content (AvgIpc) is 2.76. The smallest absolute Gasteiger partial charge is 0.102 e. The topological polar surface area (TPSA) is 90.2 Å². The lowest BCUT2D eigenvalue weighted by atomic mass is 9.38. The predicted octanol–water partition coefficient (Wildman–Crippen LogP) is 3.41. The van der Waals surface area contributed by atoms with Gasteiger partial charge in [0.05, 0.1) is 30.5 Å². The molecule has 1 saturated heterocycles. The van der Waals surface area contributed by atoms with Gasteiger partial charge in [-0.15, -0.1) is 0 Å². The third kappa shape index (κ3) is 2.72. The number of aliphatic hydroxyl groups is 4. The van der Waals surface area contributed by atoms with Crippen molar-refractivity contribution in [3.8, 4) is 0 Å². The normalized spacial score (nSPS) is 51.0. The molecular formula is C28H40O5. The highest BCUT2D eigenvalue weighted by Gasteiger charge is 2.72. The lowest BCUT2D eigenvalue weighted by molar-refractivity contribution is -0.309. The molecule has 1 aromatic carbocycles. The van der Waals surface area contributed by atoms with Crippen LogP contribution < -0.4 is 0 Å². The molecule has 0 spiro atoms. The van der Waals surface area contributed by atoms with Gasteiger partial charge in [-0.05, 0) is 41.9 Å². The Bertz CT molecular complexity index is 972. The molecule has 33 heavy (non-hydrogen) atoms. The zero-order valence-corrected chi connectivity index (χ0v) is 20.7. The summed E-state index contributed by atoms with van der Waals surface area (Å²) in [7, 11) is 0. The molecule has 0 radical (unpaired) electrons. The fraction of sp³-hybridized carbons (Fsp3) is 0.714. The van der Waals surface area contributed by atoms with Crippen molar-refractivity contribution in [2.45, 2.75) is 90.3 Å². The van der Waals surface area contributed by atoms with Crippen LogP contribution in [0.25, 0.3) is 0 Å². The van der Waals surface area contributed by atoms with Crippen molar-refractivity contribution in [1.29, 1.82) is 0 Å². The number of benzene rings is 1. The summed E-state index contributed by atoms with van der Waals surface area (Å²) < 4.78 is 6.06. The van der Waals surface area contributed by atoms with Crippen molar-refractivity contribution >= 4 is 0 Å². The van der Waals surface area contributed by atoms with E-state index >= 15 is 0 Å². The number of aliphatic hydroxyl groups excluding tert-OH is 3. The largest absolute Gasteiger partial charge is 0.389 e. The van der Waals surface area contributed by atoms with E-state index in [0.717, 1.165) is 12.0 Å². The van der Waals surface area contributed by atoms with Gasteiger partial charge in [-0.25, -0.2) is 0 Å². The van der Waals surface area contributed by atoms with Gasteiger partial charge in [-0.3, -0.25) is 0 Å². The molecule has 4 aliphatic rings. The lowest BCUT2D eigenvalue weighted by Crippen LogP contribution is -2.74. The molecule has 1 heterocycles. The predicted molar refractivity (Wildman–Crippen MR) is 126 cm³/mol. The Morgan fingerprint density at radius 2 is 1.64 bits per heavy atom. The highest BCUT2D eigenvalue weighted by atomic mass is 16.5. The van der Waals surface area contributed by atoms with Gasteiger partial charge < -0.3 is 25.2 Å². The molecule has 1 aliphatic heterocycles. The second-order valence-corrected chi connectivity index (χ2v) is 12.4. The first-order valence-electron chi connectivity index (χ1n) is 12.5. The summed E-state index contributed by atoms with van der Waals surface area (Å²) in [5.74, 6) is -0.429. The van der Waals surface area contributed by atoms with E-state index in [1.54, 1.807) is 0 Å². The molecule has 5 heteroatoms. The van der Waals surface area contributed by atoms with Crippen LogP contribution >= 0.6 is 0 Å². The van der Waals surface area contributed by atoms with Gasteiger partial charge in [0, 0.05) is 28.6 Å². The number of fused-ring (bicyclic) bond motifs is 5. The van der Waals surface area contributed by atoms with E-state index in [1.165, 1.54) is 0 Å². The van der Waals surface area contributed by atoms with Crippen molar-refractivity contribution in [1.82, 2.24) is 0 Å². The minimum Gasteiger partial charge on any atom is -0.389 e. The van der Waals surface area contributed by atoms with Gasteiger partial charge >= 0.3 is 0 Å². The summed E-state index contributed by atoms with van der Waals surface area (Å²) >= 11 is 0. The molecule has 3 fully saturated rings. The molecule has 0 amide bonds. The summed E-state index contributed by atoms with van der Waals surface area (Å²) in [5.41, 5.74) is -0.822. The van der Waals surface area contributed by atoms with E-state index in [-0.39, 0.29) is 35.7 Å². The first-order valence-corrected chi connectivity index (χ1v) is 12.5. The molecule has 4 N–H and O–H groups in total. The molecule has 2 unspecified atom stereocenters. The van der Waals surface area contributed by atoms with Gasteiger partial charge in [0.25, 0.3) is 0 Å². The van der Waals surface area contributed by atoms with Crippen LogP contribution in [0.3, 0.4) is 0 Å². The fourth-order valence-electron chi connectivity index (χ4n) is 8.53. The standard InChI is InChI=1S/C28H40O5/c1-15-12-19-26(5,14-33-19)23-21(17-10-8-7-9-11-17)28(32)13-18(29)16(2)20(25(28,3)4)22(30)24(31)27(15,23)6/h7-11,15,18-19,21-24,29-32H,12-14H2,1-6H3/t15-,18-,19+,21?,22+,23?,24-,26+,27+,28+/m0/s1. The van der Waals surface area contributed by atoms with Crippen molar-refractivity contribution in [2.24, 2.45) is 28.1 Å². The highest BCUT2D eigenvalue weighted by molar-refractivity contribution is 5.42. The quantitative estimate of drug-likeness (QED) is 0.486. The number of ether oxygens (including phenoxy) is 1. The Labute approximate surface area is 197 Å². The van der Waals surface area contributed by atoms with E-state index in [4.69, 9.17) is 4.74 Å². The molecular weight excluding hydrogens is 416 g/mol. The second-order valence-electron chi connectivity index (χ2n) is 12.4. The monoisotopic (exact) mass is 456 g/mol.